The Kier molecular flexibility index (Phi) is 5.99. The van der Waals surface area contributed by atoms with Crippen LogP contribution in [-0.4, -0.2) is 51.4 Å². The van der Waals surface area contributed by atoms with E-state index in [0.717, 1.165) is 4.90 Å². The summed E-state index contributed by atoms with van der Waals surface area (Å²) in [7, 11) is 4.35. The van der Waals surface area contributed by atoms with E-state index in [1.807, 2.05) is 6.92 Å². The van der Waals surface area contributed by atoms with Crippen molar-refractivity contribution in [3.8, 4) is 23.0 Å². The second-order valence-electron chi connectivity index (χ2n) is 9.00. The highest BCUT2D eigenvalue weighted by Crippen LogP contribution is 2.53. The zero-order chi connectivity index (χ0) is 25.6. The van der Waals surface area contributed by atoms with Gasteiger partial charge in [0, 0.05) is 23.7 Å². The van der Waals surface area contributed by atoms with Gasteiger partial charge < -0.3 is 23.7 Å². The molecule has 3 aliphatic rings. The predicted molar refractivity (Wildman–Crippen MR) is 127 cm³/mol. The maximum Gasteiger partial charge on any atom is 0.326 e. The Morgan fingerprint density at radius 1 is 1.06 bits per heavy atom. The molecular formula is C26H28N2O8. The minimum absolute atomic E-state index is 0.0666. The Labute approximate surface area is 208 Å². The van der Waals surface area contributed by atoms with Crippen molar-refractivity contribution in [2.24, 2.45) is 11.8 Å². The fourth-order valence-electron chi connectivity index (χ4n) is 5.72. The first-order chi connectivity index (χ1) is 17.4. The highest BCUT2D eigenvalue weighted by molar-refractivity contribution is 6.24. The summed E-state index contributed by atoms with van der Waals surface area (Å²) in [5, 5.41) is 3.35. The van der Waals surface area contributed by atoms with Crippen molar-refractivity contribution in [2.45, 2.75) is 31.3 Å². The van der Waals surface area contributed by atoms with Crippen molar-refractivity contribution in [3.63, 3.8) is 0 Å². The quantitative estimate of drug-likeness (QED) is 0.457. The molecule has 10 nitrogen and oxygen atoms in total. The Hall–Kier alpha value is -3.79. The maximum absolute atomic E-state index is 14.0. The number of methoxy groups -OCH3 is 3. The van der Waals surface area contributed by atoms with Crippen LogP contribution in [0.2, 0.25) is 0 Å². The smallest absolute Gasteiger partial charge is 0.326 e. The molecule has 0 radical (unpaired) electrons. The Morgan fingerprint density at radius 3 is 2.53 bits per heavy atom. The summed E-state index contributed by atoms with van der Waals surface area (Å²) in [6, 6.07) is 9.47. The number of anilines is 1. The Bertz CT molecular complexity index is 1230. The second-order valence-corrected chi connectivity index (χ2v) is 9.00. The van der Waals surface area contributed by atoms with E-state index >= 15 is 0 Å². The minimum atomic E-state index is -1.39. The highest BCUT2D eigenvalue weighted by Gasteiger charge is 2.68. The maximum atomic E-state index is 14.0. The summed E-state index contributed by atoms with van der Waals surface area (Å²) in [5.41, 5.74) is -0.384. The third-order valence-electron chi connectivity index (χ3n) is 7.24. The van der Waals surface area contributed by atoms with Gasteiger partial charge in [-0.3, -0.25) is 19.7 Å². The molecule has 3 heterocycles. The number of nitrogens with one attached hydrogen (secondary N) is 1. The molecule has 1 N–H and O–H groups in total. The SMILES string of the molecule is CCCC1(C(=O)OC)NC(c2ccc(OC)cc2OC)C2C(=O)N(c3ccc4c(c3)OCO4)C(=O)C21. The normalized spacial score (nSPS) is 26.2. The van der Waals surface area contributed by atoms with E-state index in [0.29, 0.717) is 47.1 Å². The number of rotatable bonds is 7. The van der Waals surface area contributed by atoms with E-state index in [1.54, 1.807) is 43.5 Å². The van der Waals surface area contributed by atoms with Crippen LogP contribution in [0.1, 0.15) is 31.4 Å². The van der Waals surface area contributed by atoms with Crippen LogP contribution < -0.4 is 29.2 Å². The van der Waals surface area contributed by atoms with Gasteiger partial charge in [0.05, 0.1) is 38.9 Å². The lowest BCUT2D eigenvalue weighted by Gasteiger charge is -2.32. The van der Waals surface area contributed by atoms with E-state index in [2.05, 4.69) is 5.32 Å². The summed E-state index contributed by atoms with van der Waals surface area (Å²) >= 11 is 0. The monoisotopic (exact) mass is 496 g/mol. The molecule has 0 spiro atoms. The summed E-state index contributed by atoms with van der Waals surface area (Å²) in [4.78, 5) is 42.4. The molecule has 3 aliphatic heterocycles. The lowest BCUT2D eigenvalue weighted by atomic mass is 9.77. The zero-order valence-corrected chi connectivity index (χ0v) is 20.5. The first kappa shape index (κ1) is 23.9. The van der Waals surface area contributed by atoms with E-state index < -0.39 is 41.2 Å². The molecule has 0 aliphatic carbocycles. The second kappa shape index (κ2) is 9.02. The largest absolute Gasteiger partial charge is 0.497 e. The zero-order valence-electron chi connectivity index (χ0n) is 20.5. The van der Waals surface area contributed by atoms with Gasteiger partial charge in [-0.2, -0.15) is 0 Å². The summed E-state index contributed by atoms with van der Waals surface area (Å²) in [6.07, 6.45) is 0.896. The molecule has 2 aromatic rings. The number of carbonyl (C=O) groups excluding carboxylic acids is 3. The van der Waals surface area contributed by atoms with Gasteiger partial charge in [0.1, 0.15) is 17.0 Å². The number of amides is 2. The first-order valence-electron chi connectivity index (χ1n) is 11.8. The van der Waals surface area contributed by atoms with Crippen molar-refractivity contribution >= 4 is 23.5 Å². The van der Waals surface area contributed by atoms with Gasteiger partial charge in [-0.05, 0) is 24.6 Å². The number of esters is 1. The molecule has 0 saturated carbocycles. The molecule has 0 aromatic heterocycles. The number of hydrogen-bond acceptors (Lipinski definition) is 9. The van der Waals surface area contributed by atoms with Gasteiger partial charge in [0.15, 0.2) is 11.5 Å². The molecular weight excluding hydrogens is 468 g/mol. The standard InChI is InChI=1S/C26H28N2O8/c1-5-10-26(25(31)34-4)21-20(22(27-26)16-8-7-15(32-2)12-18(16)33-3)23(29)28(24(21)30)14-6-9-17-19(11-14)36-13-35-17/h6-9,11-12,20-22,27H,5,10,13H2,1-4H3. The van der Waals surface area contributed by atoms with Crippen LogP contribution in [0.15, 0.2) is 36.4 Å². The van der Waals surface area contributed by atoms with Gasteiger partial charge >= 0.3 is 5.97 Å². The van der Waals surface area contributed by atoms with Crippen LogP contribution in [0.4, 0.5) is 5.69 Å². The van der Waals surface area contributed by atoms with Crippen molar-refractivity contribution in [1.29, 1.82) is 0 Å². The van der Waals surface area contributed by atoms with E-state index in [9.17, 15) is 14.4 Å². The van der Waals surface area contributed by atoms with Crippen LogP contribution in [0.3, 0.4) is 0 Å². The number of benzene rings is 2. The van der Waals surface area contributed by atoms with Crippen molar-refractivity contribution in [3.05, 3.63) is 42.0 Å². The highest BCUT2D eigenvalue weighted by atomic mass is 16.7. The van der Waals surface area contributed by atoms with Crippen LogP contribution in [-0.2, 0) is 19.1 Å². The Morgan fingerprint density at radius 2 is 1.83 bits per heavy atom. The van der Waals surface area contributed by atoms with Gasteiger partial charge in [-0.1, -0.05) is 19.4 Å². The molecule has 5 rings (SSSR count). The van der Waals surface area contributed by atoms with Crippen molar-refractivity contribution < 1.29 is 38.1 Å². The third-order valence-corrected chi connectivity index (χ3v) is 7.24. The summed E-state index contributed by atoms with van der Waals surface area (Å²) in [5.74, 6) is -1.26. The predicted octanol–water partition coefficient (Wildman–Crippen LogP) is 2.59. The molecule has 190 valence electrons. The molecule has 4 unspecified atom stereocenters. The number of nitrogens with zero attached hydrogens (tertiary/aromatic N) is 1. The number of imide groups is 1. The first-order valence-corrected chi connectivity index (χ1v) is 11.8. The fourth-order valence-corrected chi connectivity index (χ4v) is 5.72. The lowest BCUT2D eigenvalue weighted by molar-refractivity contribution is -0.152. The average Bonchev–Trinajstić information content (AvgIpc) is 3.57. The van der Waals surface area contributed by atoms with E-state index in [1.165, 1.54) is 14.2 Å². The number of carbonyl (C=O) groups is 3. The molecule has 2 amide bonds. The molecule has 10 heteroatoms. The molecule has 0 bridgehead atoms. The van der Waals surface area contributed by atoms with E-state index in [-0.39, 0.29) is 6.79 Å². The molecule has 2 aromatic carbocycles. The van der Waals surface area contributed by atoms with Crippen molar-refractivity contribution in [1.82, 2.24) is 5.32 Å². The topological polar surface area (TPSA) is 113 Å². The van der Waals surface area contributed by atoms with Gasteiger partial charge in [0.25, 0.3) is 0 Å². The minimum Gasteiger partial charge on any atom is -0.497 e. The van der Waals surface area contributed by atoms with Crippen LogP contribution >= 0.6 is 0 Å². The van der Waals surface area contributed by atoms with Crippen molar-refractivity contribution in [2.75, 3.05) is 33.0 Å². The average molecular weight is 497 g/mol. The van der Waals surface area contributed by atoms with Gasteiger partial charge in [0.2, 0.25) is 18.6 Å². The summed E-state index contributed by atoms with van der Waals surface area (Å²) in [6.45, 7) is 1.98. The van der Waals surface area contributed by atoms with Gasteiger partial charge in [-0.15, -0.1) is 0 Å². The molecule has 2 fully saturated rings. The van der Waals surface area contributed by atoms with Crippen LogP contribution in [0.5, 0.6) is 23.0 Å². The number of ether oxygens (including phenoxy) is 5. The molecule has 2 saturated heterocycles. The van der Waals surface area contributed by atoms with E-state index in [4.69, 9.17) is 23.7 Å². The van der Waals surface area contributed by atoms with Crippen LogP contribution in [0.25, 0.3) is 0 Å². The molecule has 36 heavy (non-hydrogen) atoms. The van der Waals surface area contributed by atoms with Gasteiger partial charge in [-0.25, -0.2) is 4.90 Å². The third kappa shape index (κ3) is 3.39. The number of hydrogen-bond donors (Lipinski definition) is 1. The lowest BCUT2D eigenvalue weighted by Crippen LogP contribution is -2.56. The fraction of sp³-hybridized carbons (Fsp3) is 0.423. The molecule has 4 atom stereocenters. The Balaban J connectivity index is 1.65. The summed E-state index contributed by atoms with van der Waals surface area (Å²) < 4.78 is 26.9. The van der Waals surface area contributed by atoms with Crippen LogP contribution in [0, 0.1) is 11.8 Å². The number of fused-ring (bicyclic) bond motifs is 2.